The lowest BCUT2D eigenvalue weighted by Crippen LogP contribution is -2.44. The Hall–Kier alpha value is -5.50. The Morgan fingerprint density at radius 1 is 0.783 bits per heavy atom. The fraction of sp³-hybridized carbons (Fsp3) is 0.111. The normalized spacial score (nSPS) is 14.5. The summed E-state index contributed by atoms with van der Waals surface area (Å²) < 4.78 is 9.25. The average molecular weight is 639 g/mol. The van der Waals surface area contributed by atoms with Crippen LogP contribution in [-0.4, -0.2) is 38.2 Å². The van der Waals surface area contributed by atoms with Gasteiger partial charge in [0.1, 0.15) is 33.4 Å². The van der Waals surface area contributed by atoms with Crippen LogP contribution in [0.15, 0.2) is 101 Å². The summed E-state index contributed by atoms with van der Waals surface area (Å²) in [6.07, 6.45) is 0. The molecule has 0 aliphatic carbocycles. The third-order valence-corrected chi connectivity index (χ3v) is 9.90. The number of amides is 2. The van der Waals surface area contributed by atoms with Gasteiger partial charge in [0.25, 0.3) is 11.8 Å². The van der Waals surface area contributed by atoms with E-state index in [2.05, 4.69) is 99.2 Å². The second kappa shape index (κ2) is 11.5. The molecule has 1 aliphatic rings. The molecular formula is C36H26N6O2S2. The largest absolute Gasteiger partial charge is 0.301 e. The zero-order valence-corrected chi connectivity index (χ0v) is 27.0. The number of carbonyl (C=O) groups excluding carboxylic acids is 2. The number of thiophene rings is 1. The lowest BCUT2D eigenvalue weighted by atomic mass is 9.99. The van der Waals surface area contributed by atoms with Crippen molar-refractivity contribution in [1.29, 1.82) is 5.26 Å². The number of nitrogens with zero attached hydrogens (tertiary/aromatic N) is 6. The van der Waals surface area contributed by atoms with E-state index >= 15 is 0 Å². The van der Waals surface area contributed by atoms with Crippen LogP contribution in [-0.2, 0) is 9.59 Å². The monoisotopic (exact) mass is 638 g/mol. The standard InChI is InChI=1S/C36H26N6O2S2/c1-20-9-13-23(14-10-20)42(24-15-11-21(2)12-16-24)36-26-8-6-5-7-25(26)33(45-36)27-17-18-29(32-31(27)39-46-40-32)38-30-22(3)28(19-37)34(43)41(4)35(30)44/h5-18H,1-4H3. The van der Waals surface area contributed by atoms with Gasteiger partial charge in [0.2, 0.25) is 0 Å². The molecule has 0 saturated heterocycles. The highest BCUT2D eigenvalue weighted by Gasteiger charge is 2.34. The number of hydrogen-bond acceptors (Lipinski definition) is 9. The number of nitriles is 1. The van der Waals surface area contributed by atoms with Crippen molar-refractivity contribution in [2.75, 3.05) is 11.9 Å². The average Bonchev–Trinajstić information content (AvgIpc) is 3.71. The highest BCUT2D eigenvalue weighted by atomic mass is 32.1. The number of likely N-dealkylation sites (N-methyl/N-ethyl adjacent to an activating group) is 1. The molecule has 0 radical (unpaired) electrons. The molecule has 0 N–H and O–H groups in total. The first-order valence-electron chi connectivity index (χ1n) is 14.5. The molecule has 10 heteroatoms. The number of benzene rings is 4. The Balaban J connectivity index is 1.42. The molecule has 224 valence electrons. The van der Waals surface area contributed by atoms with Crippen LogP contribution in [0.1, 0.15) is 18.1 Å². The van der Waals surface area contributed by atoms with Crippen molar-refractivity contribution in [2.45, 2.75) is 20.8 Å². The van der Waals surface area contributed by atoms with E-state index in [0.29, 0.717) is 16.7 Å². The SMILES string of the molecule is CC1=C(C#N)C(=O)N(C)C(=O)C1=Nc1ccc(-c2sc(N(c3ccc(C)cc3)c3ccc(C)cc3)c3ccccc23)c2nsnc12. The number of aliphatic imine (C=N–C) groups is 1. The van der Waals surface area contributed by atoms with Gasteiger partial charge in [0.15, 0.2) is 0 Å². The molecule has 1 aliphatic heterocycles. The fourth-order valence-electron chi connectivity index (χ4n) is 5.58. The van der Waals surface area contributed by atoms with Crippen LogP contribution in [0.3, 0.4) is 0 Å². The molecule has 8 nitrogen and oxygen atoms in total. The highest BCUT2D eigenvalue weighted by molar-refractivity contribution is 7.21. The maximum absolute atomic E-state index is 13.1. The molecule has 2 aromatic heterocycles. The fourth-order valence-corrected chi connectivity index (χ4v) is 7.50. The lowest BCUT2D eigenvalue weighted by Gasteiger charge is -2.24. The van der Waals surface area contributed by atoms with E-state index in [9.17, 15) is 14.9 Å². The molecule has 2 amide bonds. The molecule has 4 aromatic carbocycles. The predicted octanol–water partition coefficient (Wildman–Crippen LogP) is 8.57. The van der Waals surface area contributed by atoms with Crippen LogP contribution in [0.25, 0.3) is 32.2 Å². The minimum atomic E-state index is -0.634. The molecule has 0 saturated carbocycles. The number of aromatic nitrogens is 2. The second-order valence-electron chi connectivity index (χ2n) is 11.1. The van der Waals surface area contributed by atoms with E-state index in [1.165, 1.54) is 18.2 Å². The minimum Gasteiger partial charge on any atom is -0.301 e. The molecule has 0 fully saturated rings. The van der Waals surface area contributed by atoms with E-state index in [1.807, 2.05) is 24.3 Å². The number of carbonyl (C=O) groups is 2. The van der Waals surface area contributed by atoms with Gasteiger partial charge in [-0.05, 0) is 57.2 Å². The molecule has 3 heterocycles. The topological polar surface area (TPSA) is 103 Å². The van der Waals surface area contributed by atoms with Crippen molar-refractivity contribution < 1.29 is 9.59 Å². The van der Waals surface area contributed by atoms with Crippen LogP contribution < -0.4 is 4.90 Å². The number of hydrogen-bond donors (Lipinski definition) is 0. The molecular weight excluding hydrogens is 613 g/mol. The summed E-state index contributed by atoms with van der Waals surface area (Å²) in [5.74, 6) is -1.20. The Bertz CT molecular complexity index is 2260. The van der Waals surface area contributed by atoms with Gasteiger partial charge in [0, 0.05) is 45.2 Å². The van der Waals surface area contributed by atoms with Crippen molar-refractivity contribution in [1.82, 2.24) is 13.6 Å². The van der Waals surface area contributed by atoms with Gasteiger partial charge in [-0.2, -0.15) is 14.0 Å². The van der Waals surface area contributed by atoms with Gasteiger partial charge >= 0.3 is 0 Å². The number of rotatable bonds is 5. The van der Waals surface area contributed by atoms with E-state index in [1.54, 1.807) is 18.3 Å². The first-order valence-corrected chi connectivity index (χ1v) is 16.0. The first-order chi connectivity index (χ1) is 22.3. The minimum absolute atomic E-state index is 0.0383. The zero-order chi connectivity index (χ0) is 32.1. The summed E-state index contributed by atoms with van der Waals surface area (Å²) in [5.41, 5.74) is 7.23. The highest BCUT2D eigenvalue weighted by Crippen LogP contribution is 2.50. The van der Waals surface area contributed by atoms with E-state index < -0.39 is 11.8 Å². The number of imide groups is 1. The van der Waals surface area contributed by atoms with E-state index in [0.717, 1.165) is 54.2 Å². The zero-order valence-electron chi connectivity index (χ0n) is 25.4. The summed E-state index contributed by atoms with van der Waals surface area (Å²) in [6, 6.07) is 31.1. The van der Waals surface area contributed by atoms with Gasteiger partial charge in [0.05, 0.1) is 17.4 Å². The van der Waals surface area contributed by atoms with Gasteiger partial charge in [-0.1, -0.05) is 59.7 Å². The maximum atomic E-state index is 13.1. The molecule has 0 spiro atoms. The van der Waals surface area contributed by atoms with Crippen molar-refractivity contribution in [2.24, 2.45) is 4.99 Å². The van der Waals surface area contributed by atoms with E-state index in [-0.39, 0.29) is 16.9 Å². The Kier molecular flexibility index (Phi) is 7.28. The van der Waals surface area contributed by atoms with Crippen molar-refractivity contribution >= 4 is 84.5 Å². The second-order valence-corrected chi connectivity index (χ2v) is 12.7. The van der Waals surface area contributed by atoms with Crippen molar-refractivity contribution in [3.8, 4) is 16.5 Å². The van der Waals surface area contributed by atoms with Gasteiger partial charge < -0.3 is 4.90 Å². The first kappa shape index (κ1) is 29.2. The quantitative estimate of drug-likeness (QED) is 0.175. The Labute approximate surface area is 273 Å². The lowest BCUT2D eigenvalue weighted by molar-refractivity contribution is -0.136. The third kappa shape index (κ3) is 4.77. The molecule has 46 heavy (non-hydrogen) atoms. The smallest absolute Gasteiger partial charge is 0.279 e. The van der Waals surface area contributed by atoms with E-state index in [4.69, 9.17) is 0 Å². The van der Waals surface area contributed by atoms with Gasteiger partial charge in [-0.25, -0.2) is 4.99 Å². The summed E-state index contributed by atoms with van der Waals surface area (Å²) in [5, 5.41) is 12.8. The van der Waals surface area contributed by atoms with Gasteiger partial charge in [-0.3, -0.25) is 14.5 Å². The third-order valence-electron chi connectivity index (χ3n) is 8.13. The molecule has 0 atom stereocenters. The van der Waals surface area contributed by atoms with Crippen LogP contribution >= 0.6 is 23.1 Å². The van der Waals surface area contributed by atoms with Crippen LogP contribution in [0.4, 0.5) is 22.1 Å². The van der Waals surface area contributed by atoms with Crippen molar-refractivity contribution in [3.63, 3.8) is 0 Å². The van der Waals surface area contributed by atoms with Crippen LogP contribution in [0, 0.1) is 25.2 Å². The molecule has 0 bridgehead atoms. The molecule has 6 aromatic rings. The number of fused-ring (bicyclic) bond motifs is 2. The summed E-state index contributed by atoms with van der Waals surface area (Å²) >= 11 is 2.75. The van der Waals surface area contributed by atoms with Crippen molar-refractivity contribution in [3.05, 3.63) is 107 Å². The van der Waals surface area contributed by atoms with Crippen LogP contribution in [0.5, 0.6) is 0 Å². The Morgan fingerprint density at radius 2 is 1.39 bits per heavy atom. The van der Waals surface area contributed by atoms with Gasteiger partial charge in [-0.15, -0.1) is 11.3 Å². The summed E-state index contributed by atoms with van der Waals surface area (Å²) in [7, 11) is 1.35. The summed E-state index contributed by atoms with van der Waals surface area (Å²) in [6.45, 7) is 5.74. The number of aryl methyl sites for hydroxylation is 2. The molecule has 0 unspecified atom stereocenters. The van der Waals surface area contributed by atoms with Crippen LogP contribution in [0.2, 0.25) is 0 Å². The molecule has 7 rings (SSSR count). The maximum Gasteiger partial charge on any atom is 0.279 e. The Morgan fingerprint density at radius 3 is 2.02 bits per heavy atom. The predicted molar refractivity (Wildman–Crippen MR) is 186 cm³/mol. The number of anilines is 3. The summed E-state index contributed by atoms with van der Waals surface area (Å²) in [4.78, 5) is 34.4.